The maximum absolute atomic E-state index is 11.6. The predicted molar refractivity (Wildman–Crippen MR) is 66.9 cm³/mol. The molecule has 3 rings (SSSR count). The number of hydrogen-bond donors (Lipinski definition) is 3. The van der Waals surface area contributed by atoms with E-state index in [2.05, 4.69) is 25.3 Å². The van der Waals surface area contributed by atoms with E-state index in [1.165, 1.54) is 40.8 Å². The minimum Gasteiger partial charge on any atom is -0.358 e. The topological polar surface area (TPSA) is 108 Å². The summed E-state index contributed by atoms with van der Waals surface area (Å²) >= 11 is 1.21. The van der Waals surface area contributed by atoms with Crippen LogP contribution in [0, 0.1) is 0 Å². The van der Waals surface area contributed by atoms with Gasteiger partial charge in [0.15, 0.2) is 5.82 Å². The molecule has 8 nitrogen and oxygen atoms in total. The third-order valence-electron chi connectivity index (χ3n) is 2.33. The molecule has 0 amide bonds. The summed E-state index contributed by atoms with van der Waals surface area (Å²) in [6.07, 6.45) is 4.49. The maximum Gasteiger partial charge on any atom is 0.338 e. The SMILES string of the molecule is O=c1ccn(SC2NC=Nc3nc[nH]c32)c(=O)[nH]1. The molecule has 2 aromatic rings. The lowest BCUT2D eigenvalue weighted by Crippen LogP contribution is -2.29. The highest BCUT2D eigenvalue weighted by molar-refractivity contribution is 7.98. The van der Waals surface area contributed by atoms with Crippen LogP contribution in [0.15, 0.2) is 33.2 Å². The number of nitrogens with zero attached hydrogens (tertiary/aromatic N) is 3. The van der Waals surface area contributed by atoms with Crippen LogP contribution >= 0.6 is 11.9 Å². The van der Waals surface area contributed by atoms with E-state index >= 15 is 0 Å². The highest BCUT2D eigenvalue weighted by atomic mass is 32.2. The molecule has 9 heteroatoms. The Hall–Kier alpha value is -2.29. The van der Waals surface area contributed by atoms with Crippen molar-refractivity contribution in [3.63, 3.8) is 0 Å². The minimum absolute atomic E-state index is 0.219. The molecule has 2 aromatic heterocycles. The molecule has 0 fully saturated rings. The third kappa shape index (κ3) is 1.84. The Morgan fingerprint density at radius 1 is 1.39 bits per heavy atom. The van der Waals surface area contributed by atoms with E-state index < -0.39 is 11.2 Å². The zero-order valence-electron chi connectivity index (χ0n) is 8.95. The quantitative estimate of drug-likeness (QED) is 0.691. The zero-order chi connectivity index (χ0) is 12.5. The van der Waals surface area contributed by atoms with Crippen molar-refractivity contribution >= 4 is 24.1 Å². The number of imidazole rings is 1. The summed E-state index contributed by atoms with van der Waals surface area (Å²) in [4.78, 5) is 35.8. The number of aromatic amines is 2. The standard InChI is InChI=1S/C9H8N6O2S/c16-5-1-2-15(9(17)14-5)18-8-6-7(11-3-10-6)12-4-13-8/h1-4,8H,(H,10,11)(H,12,13)(H,14,16,17). The Balaban J connectivity index is 1.92. The predicted octanol–water partition coefficient (Wildman–Crippen LogP) is -0.282. The Morgan fingerprint density at radius 2 is 2.28 bits per heavy atom. The first-order chi connectivity index (χ1) is 8.74. The lowest BCUT2D eigenvalue weighted by Gasteiger charge is -2.18. The van der Waals surface area contributed by atoms with Crippen LogP contribution in [0.25, 0.3) is 0 Å². The van der Waals surface area contributed by atoms with Gasteiger partial charge in [0.1, 0.15) is 5.37 Å². The van der Waals surface area contributed by atoms with Crippen LogP contribution in [0.1, 0.15) is 11.1 Å². The smallest absolute Gasteiger partial charge is 0.338 e. The van der Waals surface area contributed by atoms with Crippen LogP contribution < -0.4 is 16.6 Å². The van der Waals surface area contributed by atoms with Crippen molar-refractivity contribution in [1.82, 2.24) is 24.2 Å². The first kappa shape index (κ1) is 10.8. The van der Waals surface area contributed by atoms with E-state index in [1.54, 1.807) is 0 Å². The van der Waals surface area contributed by atoms with Crippen LogP contribution in [0.2, 0.25) is 0 Å². The highest BCUT2D eigenvalue weighted by Crippen LogP contribution is 2.32. The van der Waals surface area contributed by atoms with Gasteiger partial charge < -0.3 is 10.3 Å². The molecular weight excluding hydrogens is 256 g/mol. The van der Waals surface area contributed by atoms with E-state index in [1.807, 2.05) is 0 Å². The number of H-pyrrole nitrogens is 2. The van der Waals surface area contributed by atoms with E-state index in [4.69, 9.17) is 0 Å². The third-order valence-corrected chi connectivity index (χ3v) is 3.43. The van der Waals surface area contributed by atoms with Crippen molar-refractivity contribution in [3.8, 4) is 0 Å². The molecule has 0 aromatic carbocycles. The minimum atomic E-state index is -0.474. The number of rotatable bonds is 2. The van der Waals surface area contributed by atoms with Gasteiger partial charge in [0.25, 0.3) is 5.56 Å². The van der Waals surface area contributed by atoms with E-state index in [0.29, 0.717) is 5.82 Å². The maximum atomic E-state index is 11.6. The second kappa shape index (κ2) is 4.18. The molecule has 18 heavy (non-hydrogen) atoms. The van der Waals surface area contributed by atoms with Crippen molar-refractivity contribution in [3.05, 3.63) is 45.1 Å². The van der Waals surface area contributed by atoms with Crippen LogP contribution in [-0.4, -0.2) is 25.3 Å². The fourth-order valence-electron chi connectivity index (χ4n) is 1.53. The van der Waals surface area contributed by atoms with Gasteiger partial charge in [0.05, 0.1) is 18.4 Å². The molecule has 0 aliphatic carbocycles. The van der Waals surface area contributed by atoms with E-state index in [9.17, 15) is 9.59 Å². The molecule has 1 atom stereocenters. The molecule has 0 bridgehead atoms. The van der Waals surface area contributed by atoms with Gasteiger partial charge in [-0.3, -0.25) is 9.78 Å². The van der Waals surface area contributed by atoms with Crippen molar-refractivity contribution in [2.45, 2.75) is 5.37 Å². The van der Waals surface area contributed by atoms with Gasteiger partial charge in [0.2, 0.25) is 0 Å². The van der Waals surface area contributed by atoms with Crippen LogP contribution in [0.5, 0.6) is 0 Å². The number of hydrogen-bond acceptors (Lipinski definition) is 6. The summed E-state index contributed by atoms with van der Waals surface area (Å²) in [5.74, 6) is 0.587. The first-order valence-electron chi connectivity index (χ1n) is 5.05. The number of aromatic nitrogens is 4. The van der Waals surface area contributed by atoms with Gasteiger partial charge >= 0.3 is 5.69 Å². The average Bonchev–Trinajstić information content (AvgIpc) is 2.82. The first-order valence-corrected chi connectivity index (χ1v) is 5.89. The van der Waals surface area contributed by atoms with Crippen LogP contribution in [-0.2, 0) is 0 Å². The average molecular weight is 264 g/mol. The molecule has 0 saturated heterocycles. The van der Waals surface area contributed by atoms with Crippen molar-refractivity contribution < 1.29 is 0 Å². The van der Waals surface area contributed by atoms with Crippen LogP contribution in [0.3, 0.4) is 0 Å². The Labute approximate surface area is 104 Å². The fourth-order valence-corrected chi connectivity index (χ4v) is 2.43. The monoisotopic (exact) mass is 264 g/mol. The molecule has 92 valence electrons. The lowest BCUT2D eigenvalue weighted by atomic mass is 10.4. The van der Waals surface area contributed by atoms with E-state index in [0.717, 1.165) is 5.69 Å². The number of aliphatic imine (C=N–C) groups is 1. The van der Waals surface area contributed by atoms with Gasteiger partial charge in [-0.2, -0.15) is 0 Å². The number of fused-ring (bicyclic) bond motifs is 1. The summed E-state index contributed by atoms with van der Waals surface area (Å²) < 4.78 is 1.34. The van der Waals surface area contributed by atoms with Crippen molar-refractivity contribution in [2.24, 2.45) is 4.99 Å². The molecule has 3 heterocycles. The molecule has 0 radical (unpaired) electrons. The van der Waals surface area contributed by atoms with Crippen molar-refractivity contribution in [1.29, 1.82) is 0 Å². The zero-order valence-corrected chi connectivity index (χ0v) is 9.77. The second-order valence-corrected chi connectivity index (χ2v) is 4.56. The largest absolute Gasteiger partial charge is 0.358 e. The summed E-state index contributed by atoms with van der Waals surface area (Å²) in [6, 6.07) is 1.29. The molecule has 1 unspecified atom stereocenters. The number of nitrogens with one attached hydrogen (secondary N) is 3. The van der Waals surface area contributed by atoms with Gasteiger partial charge in [0, 0.05) is 12.3 Å². The van der Waals surface area contributed by atoms with Crippen molar-refractivity contribution in [2.75, 3.05) is 0 Å². The summed E-state index contributed by atoms with van der Waals surface area (Å²) in [5.41, 5.74) is -0.115. The lowest BCUT2D eigenvalue weighted by molar-refractivity contribution is 0.841. The molecule has 0 saturated carbocycles. The fraction of sp³-hybridized carbons (Fsp3) is 0.111. The normalized spacial score (nSPS) is 17.2. The molecule has 3 N–H and O–H groups in total. The Kier molecular flexibility index (Phi) is 2.52. The summed E-state index contributed by atoms with van der Waals surface area (Å²) in [7, 11) is 0. The molecular formula is C9H8N6O2S. The molecule has 0 spiro atoms. The second-order valence-electron chi connectivity index (χ2n) is 3.49. The van der Waals surface area contributed by atoms with Gasteiger partial charge in [-0.1, -0.05) is 0 Å². The van der Waals surface area contributed by atoms with Crippen LogP contribution in [0.4, 0.5) is 5.82 Å². The summed E-state index contributed by atoms with van der Waals surface area (Å²) in [5, 5.41) is 2.78. The Morgan fingerprint density at radius 3 is 3.11 bits per heavy atom. The van der Waals surface area contributed by atoms with Gasteiger partial charge in [-0.05, 0) is 11.9 Å². The Bertz CT molecular complexity index is 714. The molecule has 1 aliphatic rings. The van der Waals surface area contributed by atoms with E-state index in [-0.39, 0.29) is 5.37 Å². The highest BCUT2D eigenvalue weighted by Gasteiger charge is 2.21. The molecule has 1 aliphatic heterocycles. The summed E-state index contributed by atoms with van der Waals surface area (Å²) in [6.45, 7) is 0. The van der Waals surface area contributed by atoms with Gasteiger partial charge in [-0.25, -0.2) is 18.7 Å². The van der Waals surface area contributed by atoms with Gasteiger partial charge in [-0.15, -0.1) is 0 Å².